The number of hydrogen-bond donors (Lipinski definition) is 0. The van der Waals surface area contributed by atoms with Crippen molar-refractivity contribution in [2.45, 2.75) is 25.7 Å². The van der Waals surface area contributed by atoms with Gasteiger partial charge < -0.3 is 0 Å². The smallest absolute Gasteiger partial charge is 0.0169 e. The van der Waals surface area contributed by atoms with Crippen molar-refractivity contribution in [1.29, 1.82) is 0 Å². The van der Waals surface area contributed by atoms with Crippen molar-refractivity contribution < 1.29 is 0 Å². The van der Waals surface area contributed by atoms with Gasteiger partial charge in [0.15, 0.2) is 0 Å². The summed E-state index contributed by atoms with van der Waals surface area (Å²) in [6.07, 6.45) is 17.0. The van der Waals surface area contributed by atoms with Crippen LogP contribution in [0.25, 0.3) is 0 Å². The second kappa shape index (κ2) is 9.65. The van der Waals surface area contributed by atoms with E-state index in [1.165, 1.54) is 5.56 Å². The summed E-state index contributed by atoms with van der Waals surface area (Å²) in [6, 6.07) is 10.6. The highest BCUT2D eigenvalue weighted by atomic mass is 13.9. The molecule has 0 aromatic heterocycles. The first-order valence-electron chi connectivity index (χ1n) is 6.21. The fourth-order valence-electron chi connectivity index (χ4n) is 1.55. The molecule has 0 N–H and O–H groups in total. The average Bonchev–Trinajstić information content (AvgIpc) is 2.38. The molecule has 17 heavy (non-hydrogen) atoms. The number of allylic oxidation sites excluding steroid dienone is 6. The Kier molecular flexibility index (Phi) is 7.67. The quantitative estimate of drug-likeness (QED) is 0.579. The van der Waals surface area contributed by atoms with Crippen molar-refractivity contribution in [3.05, 3.63) is 79.3 Å². The molecule has 0 aliphatic carbocycles. The molecular weight excluding hydrogens is 204 g/mol. The van der Waals surface area contributed by atoms with Gasteiger partial charge in [-0.1, -0.05) is 66.8 Å². The van der Waals surface area contributed by atoms with Crippen molar-refractivity contribution in [2.24, 2.45) is 0 Å². The van der Waals surface area contributed by atoms with E-state index < -0.39 is 0 Å². The van der Waals surface area contributed by atoms with E-state index in [9.17, 15) is 0 Å². The molecule has 0 saturated heterocycles. The van der Waals surface area contributed by atoms with Gasteiger partial charge in [0.2, 0.25) is 0 Å². The van der Waals surface area contributed by atoms with Crippen LogP contribution < -0.4 is 0 Å². The molecule has 0 saturated carbocycles. The summed E-state index contributed by atoms with van der Waals surface area (Å²) in [4.78, 5) is 0. The third kappa shape index (κ3) is 7.35. The maximum atomic E-state index is 3.64. The van der Waals surface area contributed by atoms with Crippen LogP contribution in [-0.4, -0.2) is 0 Å². The lowest BCUT2D eigenvalue weighted by Crippen LogP contribution is -1.80. The van der Waals surface area contributed by atoms with Gasteiger partial charge in [-0.05, 0) is 38.2 Å². The largest absolute Gasteiger partial charge is 0.0879 e. The normalized spacial score (nSPS) is 12.1. The molecule has 0 amide bonds. The molecule has 0 spiro atoms. The van der Waals surface area contributed by atoms with Gasteiger partial charge in [0.05, 0.1) is 0 Å². The van der Waals surface area contributed by atoms with Crippen molar-refractivity contribution >= 4 is 0 Å². The fourth-order valence-corrected chi connectivity index (χ4v) is 1.55. The van der Waals surface area contributed by atoms with E-state index in [-0.39, 0.29) is 0 Å². The van der Waals surface area contributed by atoms with Gasteiger partial charge in [0.25, 0.3) is 0 Å². The zero-order valence-electron chi connectivity index (χ0n) is 10.4. The Labute approximate surface area is 105 Å². The third-order valence-electron chi connectivity index (χ3n) is 2.49. The van der Waals surface area contributed by atoms with E-state index >= 15 is 0 Å². The van der Waals surface area contributed by atoms with Crippen molar-refractivity contribution in [2.75, 3.05) is 0 Å². The third-order valence-corrected chi connectivity index (χ3v) is 2.49. The second-order valence-electron chi connectivity index (χ2n) is 3.91. The lowest BCUT2D eigenvalue weighted by Gasteiger charge is -1.95. The molecule has 0 aliphatic heterocycles. The van der Waals surface area contributed by atoms with E-state index in [0.29, 0.717) is 0 Å². The highest BCUT2D eigenvalue weighted by Crippen LogP contribution is 2.03. The van der Waals surface area contributed by atoms with Gasteiger partial charge in [-0.15, -0.1) is 0 Å². The van der Waals surface area contributed by atoms with Crippen molar-refractivity contribution in [3.8, 4) is 0 Å². The molecule has 0 atom stereocenters. The fraction of sp³-hybridized carbons (Fsp3) is 0.235. The van der Waals surface area contributed by atoms with Crippen LogP contribution in [0.5, 0.6) is 0 Å². The van der Waals surface area contributed by atoms with Crippen LogP contribution in [-0.2, 0) is 6.42 Å². The number of aryl methyl sites for hydroxylation is 1. The van der Waals surface area contributed by atoms with Gasteiger partial charge in [0, 0.05) is 0 Å². The topological polar surface area (TPSA) is 0 Å². The first-order chi connectivity index (χ1) is 8.43. The van der Waals surface area contributed by atoms with Gasteiger partial charge in [0.1, 0.15) is 0 Å². The Hall–Kier alpha value is -1.56. The summed E-state index contributed by atoms with van der Waals surface area (Å²) >= 11 is 0. The molecule has 1 aromatic carbocycles. The van der Waals surface area contributed by atoms with Crippen molar-refractivity contribution in [3.63, 3.8) is 0 Å². The molecule has 0 aliphatic rings. The zero-order valence-corrected chi connectivity index (χ0v) is 10.4. The minimum atomic E-state index is 0.987. The lowest BCUT2D eigenvalue weighted by molar-refractivity contribution is 0.996. The maximum absolute atomic E-state index is 3.64. The Morgan fingerprint density at radius 3 is 2.18 bits per heavy atom. The molecule has 1 radical (unpaired) electrons. The number of hydrogen-bond acceptors (Lipinski definition) is 0. The zero-order chi connectivity index (χ0) is 12.2. The molecule has 0 fully saturated rings. The molecule has 0 nitrogen and oxygen atoms in total. The van der Waals surface area contributed by atoms with Gasteiger partial charge in [-0.2, -0.15) is 0 Å². The summed E-state index contributed by atoms with van der Waals surface area (Å²) in [5.74, 6) is 0. The monoisotopic (exact) mass is 225 g/mol. The van der Waals surface area contributed by atoms with Crippen LogP contribution in [0, 0.1) is 6.92 Å². The predicted molar refractivity (Wildman–Crippen MR) is 76.8 cm³/mol. The molecule has 0 unspecified atom stereocenters. The molecular formula is C17H21. The summed E-state index contributed by atoms with van der Waals surface area (Å²) in [5, 5.41) is 0. The van der Waals surface area contributed by atoms with Gasteiger partial charge >= 0.3 is 0 Å². The molecule has 1 rings (SSSR count). The van der Waals surface area contributed by atoms with Gasteiger partial charge in [-0.3, -0.25) is 0 Å². The summed E-state index contributed by atoms with van der Waals surface area (Å²) in [6.45, 7) is 3.64. The van der Waals surface area contributed by atoms with E-state index in [2.05, 4.69) is 67.6 Å². The molecule has 0 bridgehead atoms. The SMILES string of the molecule is [CH2]/C=C/C/C=C/C/C=C/CCc1ccccc1. The number of rotatable bonds is 7. The Morgan fingerprint density at radius 1 is 0.824 bits per heavy atom. The predicted octanol–water partition coefficient (Wildman–Crippen LogP) is 4.90. The Morgan fingerprint density at radius 2 is 1.47 bits per heavy atom. The van der Waals surface area contributed by atoms with Gasteiger partial charge in [-0.25, -0.2) is 0 Å². The second-order valence-corrected chi connectivity index (χ2v) is 3.91. The lowest BCUT2D eigenvalue weighted by atomic mass is 10.1. The summed E-state index contributed by atoms with van der Waals surface area (Å²) < 4.78 is 0. The van der Waals surface area contributed by atoms with Crippen LogP contribution in [0.4, 0.5) is 0 Å². The van der Waals surface area contributed by atoms with Crippen LogP contribution in [0.3, 0.4) is 0 Å². The first-order valence-corrected chi connectivity index (χ1v) is 6.21. The summed E-state index contributed by atoms with van der Waals surface area (Å²) in [5.41, 5.74) is 1.41. The van der Waals surface area contributed by atoms with Crippen LogP contribution >= 0.6 is 0 Å². The minimum absolute atomic E-state index is 0.987. The first kappa shape index (κ1) is 13.5. The van der Waals surface area contributed by atoms with Crippen molar-refractivity contribution in [1.82, 2.24) is 0 Å². The average molecular weight is 225 g/mol. The molecule has 0 heteroatoms. The molecule has 1 aromatic rings. The minimum Gasteiger partial charge on any atom is -0.0879 e. The standard InChI is InChI=1S/C17H21/c1-2-3-4-5-6-7-8-9-11-14-17-15-12-10-13-16-17/h2-3,5-6,8-10,12-13,15-16H,1,4,7,11,14H2/b3-2+,6-5+,9-8+. The highest BCUT2D eigenvalue weighted by Gasteiger charge is 1.87. The number of benzene rings is 1. The highest BCUT2D eigenvalue weighted by molar-refractivity contribution is 5.15. The Bertz CT molecular complexity index is 355. The van der Waals surface area contributed by atoms with E-state index in [1.807, 2.05) is 6.08 Å². The van der Waals surface area contributed by atoms with E-state index in [1.54, 1.807) is 0 Å². The van der Waals surface area contributed by atoms with Crippen LogP contribution in [0.2, 0.25) is 0 Å². The van der Waals surface area contributed by atoms with E-state index in [0.717, 1.165) is 25.7 Å². The summed E-state index contributed by atoms with van der Waals surface area (Å²) in [7, 11) is 0. The van der Waals surface area contributed by atoms with Crippen LogP contribution in [0.1, 0.15) is 24.8 Å². The Balaban J connectivity index is 2.08. The van der Waals surface area contributed by atoms with E-state index in [4.69, 9.17) is 0 Å². The molecule has 89 valence electrons. The van der Waals surface area contributed by atoms with Crippen LogP contribution in [0.15, 0.2) is 66.8 Å². The molecule has 0 heterocycles. The maximum Gasteiger partial charge on any atom is -0.0169 e.